The molecule has 1 aliphatic rings. The average Bonchev–Trinajstić information content (AvgIpc) is 2.81. The van der Waals surface area contributed by atoms with E-state index in [1.807, 2.05) is 24.3 Å². The standard InChI is InChI=1S/C26H27ClN2O2/c27-14-13-25(19-3-9-23(30)10-4-19)26(21-5-11-24(31)12-6-21)20-1-7-22(8-2-20)29-17-15-28-16-18-29/h1-12,28,30-31H,13-18H2/b26-25+. The molecule has 0 amide bonds. The smallest absolute Gasteiger partial charge is 0.115 e. The molecule has 0 saturated carbocycles. The first kappa shape index (κ1) is 21.3. The van der Waals surface area contributed by atoms with Crippen LogP contribution in [0, 0.1) is 0 Å². The number of allylic oxidation sites excluding steroid dienone is 1. The first-order valence-electron chi connectivity index (χ1n) is 10.6. The molecule has 4 rings (SSSR count). The van der Waals surface area contributed by atoms with Crippen LogP contribution in [0.1, 0.15) is 23.1 Å². The molecule has 1 aliphatic heterocycles. The number of hydrogen-bond acceptors (Lipinski definition) is 4. The van der Waals surface area contributed by atoms with Crippen molar-refractivity contribution in [3.05, 3.63) is 89.5 Å². The van der Waals surface area contributed by atoms with Gasteiger partial charge in [0, 0.05) is 37.7 Å². The Morgan fingerprint density at radius 1 is 0.742 bits per heavy atom. The van der Waals surface area contributed by atoms with Gasteiger partial charge in [0.25, 0.3) is 0 Å². The highest BCUT2D eigenvalue weighted by Crippen LogP contribution is 2.36. The zero-order valence-electron chi connectivity index (χ0n) is 17.4. The number of nitrogens with zero attached hydrogens (tertiary/aromatic N) is 1. The summed E-state index contributed by atoms with van der Waals surface area (Å²) < 4.78 is 0. The van der Waals surface area contributed by atoms with Crippen molar-refractivity contribution in [2.45, 2.75) is 6.42 Å². The minimum absolute atomic E-state index is 0.237. The van der Waals surface area contributed by atoms with Crippen LogP contribution in [0.2, 0.25) is 0 Å². The van der Waals surface area contributed by atoms with Crippen LogP contribution in [0.3, 0.4) is 0 Å². The van der Waals surface area contributed by atoms with Crippen LogP contribution in [-0.4, -0.2) is 42.3 Å². The Hall–Kier alpha value is -2.95. The van der Waals surface area contributed by atoms with Gasteiger partial charge in [-0.1, -0.05) is 36.4 Å². The summed E-state index contributed by atoms with van der Waals surface area (Å²) in [6.45, 7) is 4.01. The number of hydrogen-bond donors (Lipinski definition) is 3. The van der Waals surface area contributed by atoms with Gasteiger partial charge in [0.2, 0.25) is 0 Å². The largest absolute Gasteiger partial charge is 0.508 e. The second-order valence-electron chi connectivity index (χ2n) is 7.67. The molecule has 1 saturated heterocycles. The number of phenols is 2. The summed E-state index contributed by atoms with van der Waals surface area (Å²) in [6.07, 6.45) is 0.683. The van der Waals surface area contributed by atoms with Gasteiger partial charge in [0.05, 0.1) is 0 Å². The maximum Gasteiger partial charge on any atom is 0.115 e. The molecule has 31 heavy (non-hydrogen) atoms. The molecule has 4 nitrogen and oxygen atoms in total. The van der Waals surface area contributed by atoms with E-state index in [1.165, 1.54) is 5.69 Å². The lowest BCUT2D eigenvalue weighted by molar-refractivity contribution is 0.474. The van der Waals surface area contributed by atoms with Gasteiger partial charge in [-0.3, -0.25) is 0 Å². The van der Waals surface area contributed by atoms with Crippen molar-refractivity contribution in [1.82, 2.24) is 5.32 Å². The van der Waals surface area contributed by atoms with Crippen LogP contribution in [0.25, 0.3) is 11.1 Å². The Bertz CT molecular complexity index is 1020. The van der Waals surface area contributed by atoms with E-state index in [2.05, 4.69) is 34.5 Å². The number of phenolic OH excluding ortho intramolecular Hbond substituents is 2. The SMILES string of the molecule is Oc1ccc(/C(CCCl)=C(/c2ccc(O)cc2)c2ccc(N3CCNCC3)cc2)cc1. The third kappa shape index (κ3) is 5.04. The highest BCUT2D eigenvalue weighted by atomic mass is 35.5. The minimum Gasteiger partial charge on any atom is -0.508 e. The lowest BCUT2D eigenvalue weighted by Gasteiger charge is -2.29. The number of anilines is 1. The highest BCUT2D eigenvalue weighted by molar-refractivity contribution is 6.18. The fraction of sp³-hybridized carbons (Fsp3) is 0.231. The van der Waals surface area contributed by atoms with Crippen molar-refractivity contribution in [2.24, 2.45) is 0 Å². The van der Waals surface area contributed by atoms with Crippen molar-refractivity contribution >= 4 is 28.4 Å². The highest BCUT2D eigenvalue weighted by Gasteiger charge is 2.16. The third-order valence-corrected chi connectivity index (χ3v) is 5.85. The van der Waals surface area contributed by atoms with Crippen molar-refractivity contribution in [3.63, 3.8) is 0 Å². The van der Waals surface area contributed by atoms with E-state index in [1.54, 1.807) is 24.3 Å². The summed E-state index contributed by atoms with van der Waals surface area (Å²) in [5.41, 5.74) is 6.54. The molecule has 0 bridgehead atoms. The number of piperazine rings is 1. The van der Waals surface area contributed by atoms with E-state index >= 15 is 0 Å². The predicted molar refractivity (Wildman–Crippen MR) is 129 cm³/mol. The van der Waals surface area contributed by atoms with Crippen LogP contribution in [0.4, 0.5) is 5.69 Å². The Balaban J connectivity index is 1.82. The van der Waals surface area contributed by atoms with Gasteiger partial charge < -0.3 is 20.4 Å². The van der Waals surface area contributed by atoms with Crippen molar-refractivity contribution in [2.75, 3.05) is 37.0 Å². The molecule has 1 heterocycles. The zero-order valence-corrected chi connectivity index (χ0v) is 18.1. The molecule has 0 spiro atoms. The second kappa shape index (κ2) is 9.90. The first-order valence-corrected chi connectivity index (χ1v) is 11.1. The Morgan fingerprint density at radius 3 is 1.74 bits per heavy atom. The van der Waals surface area contributed by atoms with Crippen LogP contribution in [0.5, 0.6) is 11.5 Å². The Kier molecular flexibility index (Phi) is 6.80. The van der Waals surface area contributed by atoms with Gasteiger partial charge in [-0.25, -0.2) is 0 Å². The van der Waals surface area contributed by atoms with Gasteiger partial charge in [-0.2, -0.15) is 0 Å². The lowest BCUT2D eigenvalue weighted by Crippen LogP contribution is -2.43. The number of nitrogens with one attached hydrogen (secondary N) is 1. The number of rotatable bonds is 6. The normalized spacial score (nSPS) is 14.9. The summed E-state index contributed by atoms with van der Waals surface area (Å²) in [5, 5.41) is 22.9. The molecular weight excluding hydrogens is 408 g/mol. The first-order chi connectivity index (χ1) is 15.2. The molecule has 0 unspecified atom stereocenters. The molecule has 0 aromatic heterocycles. The van der Waals surface area contributed by atoms with Crippen LogP contribution in [-0.2, 0) is 0 Å². The van der Waals surface area contributed by atoms with Crippen molar-refractivity contribution in [1.29, 1.82) is 0 Å². The molecule has 160 valence electrons. The fourth-order valence-electron chi connectivity index (χ4n) is 4.08. The van der Waals surface area contributed by atoms with Gasteiger partial charge in [0.1, 0.15) is 11.5 Å². The topological polar surface area (TPSA) is 55.7 Å². The average molecular weight is 435 g/mol. The fourth-order valence-corrected chi connectivity index (χ4v) is 4.26. The van der Waals surface area contributed by atoms with E-state index in [9.17, 15) is 10.2 Å². The van der Waals surface area contributed by atoms with E-state index in [0.29, 0.717) is 12.3 Å². The molecule has 3 aromatic rings. The molecular formula is C26H27ClN2O2. The number of aromatic hydroxyl groups is 2. The summed E-state index contributed by atoms with van der Waals surface area (Å²) in [6, 6.07) is 23.2. The molecule has 3 N–H and O–H groups in total. The third-order valence-electron chi connectivity index (χ3n) is 5.66. The minimum atomic E-state index is 0.237. The van der Waals surface area contributed by atoms with Gasteiger partial charge in [-0.15, -0.1) is 11.6 Å². The molecule has 5 heteroatoms. The Morgan fingerprint density at radius 2 is 1.23 bits per heavy atom. The number of alkyl halides is 1. The maximum atomic E-state index is 9.80. The zero-order chi connectivity index (χ0) is 21.6. The van der Waals surface area contributed by atoms with E-state index < -0.39 is 0 Å². The van der Waals surface area contributed by atoms with Crippen LogP contribution >= 0.6 is 11.6 Å². The van der Waals surface area contributed by atoms with Crippen LogP contribution < -0.4 is 10.2 Å². The monoisotopic (exact) mass is 434 g/mol. The summed E-state index contributed by atoms with van der Waals surface area (Å²) in [5.74, 6) is 0.956. The molecule has 3 aromatic carbocycles. The Labute approximate surface area is 188 Å². The van der Waals surface area contributed by atoms with E-state index in [4.69, 9.17) is 11.6 Å². The molecule has 0 atom stereocenters. The van der Waals surface area contributed by atoms with Crippen molar-refractivity contribution < 1.29 is 10.2 Å². The summed E-state index contributed by atoms with van der Waals surface area (Å²) in [4.78, 5) is 2.39. The number of benzene rings is 3. The van der Waals surface area contributed by atoms with Gasteiger partial charge >= 0.3 is 0 Å². The van der Waals surface area contributed by atoms with Crippen LogP contribution in [0.15, 0.2) is 72.8 Å². The second-order valence-corrected chi connectivity index (χ2v) is 8.05. The molecule has 0 radical (unpaired) electrons. The van der Waals surface area contributed by atoms with Crippen molar-refractivity contribution in [3.8, 4) is 11.5 Å². The number of halogens is 1. The maximum absolute atomic E-state index is 9.80. The van der Waals surface area contributed by atoms with E-state index in [0.717, 1.165) is 54.0 Å². The predicted octanol–water partition coefficient (Wildman–Crippen LogP) is 5.10. The summed E-state index contributed by atoms with van der Waals surface area (Å²) in [7, 11) is 0. The summed E-state index contributed by atoms with van der Waals surface area (Å²) >= 11 is 6.21. The lowest BCUT2D eigenvalue weighted by atomic mass is 9.88. The van der Waals surface area contributed by atoms with E-state index in [-0.39, 0.29) is 11.5 Å². The molecule has 0 aliphatic carbocycles. The quantitative estimate of drug-likeness (QED) is 0.373. The van der Waals surface area contributed by atoms with Gasteiger partial charge in [-0.05, 0) is 70.7 Å². The molecule has 1 fully saturated rings. The van der Waals surface area contributed by atoms with Gasteiger partial charge in [0.15, 0.2) is 0 Å².